The number of benzene rings is 3. The van der Waals surface area contributed by atoms with E-state index in [1.807, 2.05) is 13.8 Å². The number of nitrogens with one attached hydrogen (secondary N) is 6. The van der Waals surface area contributed by atoms with Gasteiger partial charge in [0.25, 0.3) is 11.8 Å². The van der Waals surface area contributed by atoms with Gasteiger partial charge in [0.15, 0.2) is 0 Å². The molecule has 0 bridgehead atoms. The molecule has 3 aromatic rings. The molecule has 6 aliphatic rings. The lowest BCUT2D eigenvalue weighted by molar-refractivity contribution is -0.145. The van der Waals surface area contributed by atoms with E-state index >= 15 is 0 Å². The molecule has 2 saturated carbocycles. The first-order valence-electron chi connectivity index (χ1n) is 29.8. The molecule has 0 aromatic heterocycles. The smallest absolute Gasteiger partial charge is 0.251 e. The van der Waals surface area contributed by atoms with Crippen LogP contribution < -0.4 is 41.4 Å². The Balaban J connectivity index is 0.901. The molecule has 0 unspecified atom stereocenters. The van der Waals surface area contributed by atoms with Crippen molar-refractivity contribution in [3.8, 4) is 11.5 Å². The molecule has 4 fully saturated rings. The minimum absolute atomic E-state index is 0.00558. The van der Waals surface area contributed by atoms with Crippen molar-refractivity contribution in [1.82, 2.24) is 41.7 Å². The molecular weight excluding hydrogens is 1050 g/mol. The molecule has 2 saturated heterocycles. The number of carbonyl (C=O) groups excluding carboxylic acids is 8. The molecule has 4 aliphatic heterocycles. The number of halogens is 2. The molecule has 10 atom stereocenters. The van der Waals surface area contributed by atoms with Gasteiger partial charge >= 0.3 is 0 Å². The van der Waals surface area contributed by atoms with Crippen LogP contribution in [0.2, 0.25) is 0 Å². The summed E-state index contributed by atoms with van der Waals surface area (Å²) in [7, 11) is 1.69. The van der Waals surface area contributed by atoms with Gasteiger partial charge in [0, 0.05) is 90.7 Å². The molecule has 2 aliphatic carbocycles. The number of nitrogens with zero attached hydrogens (tertiary/aromatic N) is 2. The van der Waals surface area contributed by atoms with Crippen LogP contribution in [0.3, 0.4) is 0 Å². The number of likely N-dealkylation sites (tertiary alicyclic amines) is 2. The van der Waals surface area contributed by atoms with Crippen LogP contribution in [-0.4, -0.2) is 127 Å². The van der Waals surface area contributed by atoms with Gasteiger partial charge in [0.2, 0.25) is 29.5 Å². The van der Waals surface area contributed by atoms with E-state index < -0.39 is 95.4 Å². The van der Waals surface area contributed by atoms with Crippen LogP contribution in [0.15, 0.2) is 60.7 Å². The average Bonchev–Trinajstić information content (AvgIpc) is 4.31. The van der Waals surface area contributed by atoms with Gasteiger partial charge in [-0.2, -0.15) is 0 Å². The van der Waals surface area contributed by atoms with E-state index in [1.165, 1.54) is 58.3 Å². The van der Waals surface area contributed by atoms with Crippen LogP contribution >= 0.6 is 0 Å². The van der Waals surface area contributed by atoms with Crippen molar-refractivity contribution in [2.45, 2.75) is 172 Å². The number of ether oxygens (including phenoxy) is 2. The molecule has 20 heteroatoms. The third-order valence-corrected chi connectivity index (χ3v) is 18.1. The van der Waals surface area contributed by atoms with Gasteiger partial charge in [-0.1, -0.05) is 64.5 Å². The van der Waals surface area contributed by atoms with Gasteiger partial charge in [-0.15, -0.1) is 0 Å². The molecule has 0 radical (unpaired) electrons. The second-order valence-corrected chi connectivity index (χ2v) is 23.5. The zero-order valence-corrected chi connectivity index (χ0v) is 47.6. The molecule has 9 rings (SSSR count). The molecule has 442 valence electrons. The largest absolute Gasteiger partial charge is 0.493 e. The summed E-state index contributed by atoms with van der Waals surface area (Å²) < 4.78 is 39.8. The Morgan fingerprint density at radius 1 is 0.598 bits per heavy atom. The third-order valence-electron chi connectivity index (χ3n) is 18.1. The lowest BCUT2D eigenvalue weighted by atomic mass is 9.76. The van der Waals surface area contributed by atoms with E-state index in [0.717, 1.165) is 64.2 Å². The Labute approximate surface area is 478 Å². The number of Topliss-reactive ketones (excluding diaryl/α,β-unsaturated/α-hetero) is 1. The van der Waals surface area contributed by atoms with Gasteiger partial charge in [-0.25, -0.2) is 8.78 Å². The van der Waals surface area contributed by atoms with Crippen LogP contribution in [0.25, 0.3) is 0 Å². The first-order valence-corrected chi connectivity index (χ1v) is 29.8. The van der Waals surface area contributed by atoms with Crippen molar-refractivity contribution in [1.29, 1.82) is 0 Å². The van der Waals surface area contributed by atoms with Crippen LogP contribution in [0.4, 0.5) is 8.78 Å². The number of likely N-dealkylation sites (N-methyl/N-ethyl adjacent to an activating group) is 1. The number of hydrogen-bond acceptors (Lipinski definition) is 11. The number of carbonyl (C=O) groups is 8. The van der Waals surface area contributed by atoms with E-state index in [9.17, 15) is 47.1 Å². The van der Waals surface area contributed by atoms with Crippen molar-refractivity contribution in [2.75, 3.05) is 33.4 Å². The molecule has 0 spiro atoms. The summed E-state index contributed by atoms with van der Waals surface area (Å²) in [4.78, 5) is 117. The zero-order chi connectivity index (χ0) is 58.2. The zero-order valence-electron chi connectivity index (χ0n) is 47.6. The second-order valence-electron chi connectivity index (χ2n) is 23.5. The quantitative estimate of drug-likeness (QED) is 0.0757. The molecule has 6 N–H and O–H groups in total. The lowest BCUT2D eigenvalue weighted by Crippen LogP contribution is -2.57. The van der Waals surface area contributed by atoms with Crippen LogP contribution in [-0.2, 0) is 28.8 Å². The van der Waals surface area contributed by atoms with Crippen LogP contribution in [0.1, 0.15) is 167 Å². The third kappa shape index (κ3) is 13.9. The Bertz CT molecular complexity index is 2650. The second kappa shape index (κ2) is 27.0. The minimum Gasteiger partial charge on any atom is -0.493 e. The van der Waals surface area contributed by atoms with Crippen molar-refractivity contribution >= 4 is 47.1 Å². The van der Waals surface area contributed by atoms with E-state index in [1.54, 1.807) is 26.1 Å². The first-order chi connectivity index (χ1) is 39.5. The number of rotatable bonds is 19. The van der Waals surface area contributed by atoms with E-state index in [0.29, 0.717) is 41.9 Å². The minimum atomic E-state index is -1.03. The summed E-state index contributed by atoms with van der Waals surface area (Å²) in [5, 5.41) is 18.3. The summed E-state index contributed by atoms with van der Waals surface area (Å²) >= 11 is 0. The van der Waals surface area contributed by atoms with Crippen LogP contribution in [0.5, 0.6) is 11.5 Å². The normalized spacial score (nSPS) is 24.2. The SMILES string of the molecule is CC[C@@H](C)C(=O)N[C@H](C(=O)N1C[C@@H](NC(=O)c2ccc(C(=O)N[C@H]3C[C@@H](C(=O)N[C@@H]4CCOc5cc(F)ccc54)N(C(=O)[C@@H](CC(=O)[C@H](C)NC)C4CCCCC4)C3)cc2)C[C@H]1C(=O)N[C@@H]1CCOc2cc(F)ccc21)C1CCCCC1. The maximum atomic E-state index is 15.0. The maximum Gasteiger partial charge on any atom is 0.251 e. The fraction of sp³-hybridized carbons (Fsp3) is 0.581. The van der Waals surface area contributed by atoms with Gasteiger partial charge in [-0.05, 0) is 107 Å². The number of hydrogen-bond donors (Lipinski definition) is 6. The standard InChI is InChI=1S/C62H80F2N8O10/c1-5-35(2)56(74)70-55(38-14-10-7-11-15-38)62(80)72-34-44(31-51(72)60(78)69-49-25-27-82-54-29-42(64)21-23-46(49)54)67-58(76)40-18-16-39(17-19-40)57(75)66-43-30-50(59(77)68-48-24-26-81-53-28-41(63)20-22-45(48)53)71(33-43)61(79)47(32-52(73)36(3)65-4)37-12-8-6-9-13-37/h16-23,28-29,35-38,43-44,47-51,55,65H,5-15,24-27,30-34H2,1-4H3,(H,66,75)(H,67,76)(H,68,77)(H,69,78)(H,70,74)/t35-,36+,43+,44+,47+,48-,49-,50+,51+,55+/m1/s1. The Morgan fingerprint density at radius 2 is 1.06 bits per heavy atom. The number of ketones is 1. The first kappa shape index (κ1) is 59.7. The Morgan fingerprint density at radius 3 is 1.52 bits per heavy atom. The average molecular weight is 1140 g/mol. The fourth-order valence-electron chi connectivity index (χ4n) is 13.0. The van der Waals surface area contributed by atoms with Crippen molar-refractivity contribution in [2.24, 2.45) is 23.7 Å². The summed E-state index contributed by atoms with van der Waals surface area (Å²) in [6.07, 6.45) is 10.3. The molecule has 82 heavy (non-hydrogen) atoms. The van der Waals surface area contributed by atoms with Gasteiger partial charge in [-0.3, -0.25) is 38.4 Å². The predicted octanol–water partition coefficient (Wildman–Crippen LogP) is 6.52. The molecule has 4 heterocycles. The Kier molecular flexibility index (Phi) is 19.6. The van der Waals surface area contributed by atoms with Gasteiger partial charge in [0.05, 0.1) is 31.3 Å². The van der Waals surface area contributed by atoms with Crippen molar-refractivity contribution in [3.05, 3.63) is 94.6 Å². The van der Waals surface area contributed by atoms with E-state index in [2.05, 4.69) is 31.9 Å². The highest BCUT2D eigenvalue weighted by Gasteiger charge is 2.47. The topological polar surface area (TPSA) is 234 Å². The highest BCUT2D eigenvalue weighted by Crippen LogP contribution is 2.38. The highest BCUT2D eigenvalue weighted by atomic mass is 19.1. The number of fused-ring (bicyclic) bond motifs is 2. The number of amides is 7. The van der Waals surface area contributed by atoms with E-state index in [4.69, 9.17) is 9.47 Å². The molecule has 18 nitrogen and oxygen atoms in total. The molecule has 3 aromatic carbocycles. The van der Waals surface area contributed by atoms with Gasteiger partial charge in [0.1, 0.15) is 47.0 Å². The lowest BCUT2D eigenvalue weighted by Gasteiger charge is -2.35. The predicted molar refractivity (Wildman–Crippen MR) is 300 cm³/mol. The monoisotopic (exact) mass is 1130 g/mol. The summed E-state index contributed by atoms with van der Waals surface area (Å²) in [6, 6.07) is 8.49. The van der Waals surface area contributed by atoms with Crippen molar-refractivity contribution < 1.29 is 56.6 Å². The van der Waals surface area contributed by atoms with Gasteiger partial charge < -0.3 is 51.2 Å². The summed E-state index contributed by atoms with van der Waals surface area (Å²) in [5.74, 6) is -4.48. The Hall–Kier alpha value is -6.96. The van der Waals surface area contributed by atoms with Crippen molar-refractivity contribution in [3.63, 3.8) is 0 Å². The molecule has 7 amide bonds. The van der Waals surface area contributed by atoms with Crippen LogP contribution in [0, 0.1) is 35.3 Å². The fourth-order valence-corrected chi connectivity index (χ4v) is 13.0. The molecular formula is C62H80F2N8O10. The summed E-state index contributed by atoms with van der Waals surface area (Å²) in [6.45, 7) is 5.94. The summed E-state index contributed by atoms with van der Waals surface area (Å²) in [5.41, 5.74) is 1.63. The maximum absolute atomic E-state index is 15.0. The van der Waals surface area contributed by atoms with E-state index in [-0.39, 0.29) is 92.0 Å². The highest BCUT2D eigenvalue weighted by molar-refractivity contribution is 5.99.